The Balaban J connectivity index is 1.85. The maximum atomic E-state index is 12.4. The van der Waals surface area contributed by atoms with Gasteiger partial charge in [0.15, 0.2) is 23.3 Å². The van der Waals surface area contributed by atoms with Crippen LogP contribution in [-0.2, 0) is 9.59 Å². The van der Waals surface area contributed by atoms with Crippen LogP contribution in [0.15, 0.2) is 50.8 Å². The first-order valence-corrected chi connectivity index (χ1v) is 11.4. The van der Waals surface area contributed by atoms with Crippen LogP contribution in [0.5, 0.6) is 11.5 Å². The summed E-state index contributed by atoms with van der Waals surface area (Å²) in [6, 6.07) is 11.1. The lowest BCUT2D eigenvalue weighted by Gasteiger charge is -2.13. The molecule has 1 amide bonds. The molecule has 1 heterocycles. The average molecular weight is 603 g/mol. The van der Waals surface area contributed by atoms with Gasteiger partial charge in [-0.2, -0.15) is 0 Å². The smallest absolute Gasteiger partial charge is 0.341 e. The lowest BCUT2D eigenvalue weighted by molar-refractivity contribution is -0.139. The van der Waals surface area contributed by atoms with Crippen molar-refractivity contribution in [2.75, 3.05) is 13.2 Å². The molecule has 0 aromatic heterocycles. The Morgan fingerprint density at radius 3 is 2.70 bits per heavy atom. The summed E-state index contributed by atoms with van der Waals surface area (Å²) in [5.41, 5.74) is 1.45. The van der Waals surface area contributed by atoms with E-state index in [0.717, 1.165) is 9.26 Å². The number of carboxylic acids is 1. The summed E-state index contributed by atoms with van der Waals surface area (Å²) in [4.78, 5) is 28.1. The van der Waals surface area contributed by atoms with Crippen LogP contribution in [0.4, 0.5) is 5.69 Å². The molecule has 2 aromatic rings. The number of aliphatic imine (C=N–C) groups is 1. The highest BCUT2D eigenvalue weighted by atomic mass is 127. The highest BCUT2D eigenvalue weighted by molar-refractivity contribution is 14.1. The first-order valence-electron chi connectivity index (χ1n) is 8.71. The van der Waals surface area contributed by atoms with Crippen LogP contribution in [-0.4, -0.2) is 35.4 Å². The maximum Gasteiger partial charge on any atom is 0.341 e. The number of nitrogens with zero attached hydrogens (tertiary/aromatic N) is 1. The SMILES string of the molecule is CCOc1cc(/C=C2/SC(=Nc3ccc(I)cc3)NC2=O)cc(Br)c1OCC(=O)O. The van der Waals surface area contributed by atoms with Gasteiger partial charge >= 0.3 is 5.97 Å². The molecule has 2 N–H and O–H groups in total. The number of rotatable bonds is 7. The van der Waals surface area contributed by atoms with Crippen LogP contribution in [0.3, 0.4) is 0 Å². The highest BCUT2D eigenvalue weighted by Gasteiger charge is 2.24. The third-order valence-corrected chi connectivity index (χ3v) is 5.90. The average Bonchev–Trinajstić information content (AvgIpc) is 3.02. The first-order chi connectivity index (χ1) is 14.4. The Kier molecular flexibility index (Phi) is 7.78. The van der Waals surface area contributed by atoms with Gasteiger partial charge in [-0.15, -0.1) is 0 Å². The van der Waals surface area contributed by atoms with Gasteiger partial charge in [-0.1, -0.05) is 0 Å². The Morgan fingerprint density at radius 2 is 2.03 bits per heavy atom. The van der Waals surface area contributed by atoms with E-state index < -0.39 is 12.6 Å². The number of amides is 1. The van der Waals surface area contributed by atoms with Gasteiger partial charge in [0, 0.05) is 3.57 Å². The maximum absolute atomic E-state index is 12.4. The van der Waals surface area contributed by atoms with Gasteiger partial charge in [-0.05, 0) is 105 Å². The molecule has 0 atom stereocenters. The van der Waals surface area contributed by atoms with Gasteiger partial charge in [0.05, 0.1) is 21.7 Å². The van der Waals surface area contributed by atoms with Crippen LogP contribution in [0.25, 0.3) is 6.08 Å². The number of carboxylic acid groups (broad SMARTS) is 1. The van der Waals surface area contributed by atoms with Crippen LogP contribution >= 0.6 is 50.3 Å². The summed E-state index contributed by atoms with van der Waals surface area (Å²) in [6.45, 7) is 1.70. The molecule has 3 rings (SSSR count). The number of halogens is 2. The van der Waals surface area contributed by atoms with Gasteiger partial charge in [-0.25, -0.2) is 9.79 Å². The highest BCUT2D eigenvalue weighted by Crippen LogP contribution is 2.38. The van der Waals surface area contributed by atoms with E-state index in [1.54, 1.807) is 18.2 Å². The van der Waals surface area contributed by atoms with E-state index in [1.807, 2.05) is 31.2 Å². The summed E-state index contributed by atoms with van der Waals surface area (Å²) in [5.74, 6) is -0.652. The standard InChI is InChI=1S/C20H16BrIN2O5S/c1-2-28-15-8-11(7-14(21)18(15)29-10-17(25)26)9-16-19(27)24-20(30-16)23-13-5-3-12(22)4-6-13/h3-9H,2,10H2,1H3,(H,25,26)(H,23,24,27)/b16-9+. The van der Waals surface area contributed by atoms with Gasteiger partial charge < -0.3 is 19.9 Å². The molecule has 0 aliphatic carbocycles. The summed E-state index contributed by atoms with van der Waals surface area (Å²) in [5, 5.41) is 12.1. The summed E-state index contributed by atoms with van der Waals surface area (Å²) < 4.78 is 12.5. The predicted octanol–water partition coefficient (Wildman–Crippen LogP) is 4.81. The van der Waals surface area contributed by atoms with Crippen molar-refractivity contribution in [3.63, 3.8) is 0 Å². The number of aliphatic carboxylic acids is 1. The van der Waals surface area contributed by atoms with E-state index in [9.17, 15) is 9.59 Å². The predicted molar refractivity (Wildman–Crippen MR) is 128 cm³/mol. The molecule has 7 nitrogen and oxygen atoms in total. The Morgan fingerprint density at radius 1 is 1.30 bits per heavy atom. The fourth-order valence-corrected chi connectivity index (χ4v) is 4.25. The molecular weight excluding hydrogens is 587 g/mol. The molecule has 0 unspecified atom stereocenters. The van der Waals surface area contributed by atoms with E-state index in [-0.39, 0.29) is 5.91 Å². The number of nitrogens with one attached hydrogen (secondary N) is 1. The Hall–Kier alpha value is -2.05. The van der Waals surface area contributed by atoms with E-state index in [0.29, 0.717) is 38.2 Å². The zero-order chi connectivity index (χ0) is 21.7. The molecule has 1 saturated heterocycles. The van der Waals surface area contributed by atoms with Crippen LogP contribution in [0, 0.1) is 3.57 Å². The summed E-state index contributed by atoms with van der Waals surface area (Å²) >= 11 is 6.84. The topological polar surface area (TPSA) is 97.2 Å². The van der Waals surface area contributed by atoms with E-state index >= 15 is 0 Å². The third-order valence-electron chi connectivity index (χ3n) is 3.68. The molecule has 1 aliphatic heterocycles. The minimum atomic E-state index is -1.09. The van der Waals surface area contributed by atoms with Crippen molar-refractivity contribution in [2.24, 2.45) is 4.99 Å². The first kappa shape index (κ1) is 22.6. The van der Waals surface area contributed by atoms with Gasteiger partial charge in [0.2, 0.25) is 0 Å². The van der Waals surface area contributed by atoms with Crippen LogP contribution in [0.1, 0.15) is 12.5 Å². The third kappa shape index (κ3) is 5.99. The Bertz CT molecular complexity index is 1040. The van der Waals surface area contributed by atoms with Gasteiger partial charge in [-0.3, -0.25) is 4.79 Å². The minimum Gasteiger partial charge on any atom is -0.490 e. The largest absolute Gasteiger partial charge is 0.490 e. The second-order valence-electron chi connectivity index (χ2n) is 5.90. The van der Waals surface area contributed by atoms with E-state index in [2.05, 4.69) is 48.8 Å². The molecular formula is C20H16BrIN2O5S. The molecule has 0 radical (unpaired) electrons. The number of amidine groups is 1. The van der Waals surface area contributed by atoms with E-state index in [4.69, 9.17) is 14.6 Å². The number of ether oxygens (including phenoxy) is 2. The van der Waals surface area contributed by atoms with Crippen molar-refractivity contribution in [3.8, 4) is 11.5 Å². The number of benzene rings is 2. The van der Waals surface area contributed by atoms with Crippen molar-refractivity contribution in [1.29, 1.82) is 0 Å². The fourth-order valence-electron chi connectivity index (χ4n) is 2.47. The number of carbonyl (C=O) groups is 2. The summed E-state index contributed by atoms with van der Waals surface area (Å²) in [6.07, 6.45) is 1.71. The van der Waals surface area contributed by atoms with Crippen LogP contribution < -0.4 is 14.8 Å². The number of thioether (sulfide) groups is 1. The second-order valence-corrected chi connectivity index (χ2v) is 9.03. The monoisotopic (exact) mass is 602 g/mol. The normalized spacial score (nSPS) is 16.0. The quantitative estimate of drug-likeness (QED) is 0.349. The zero-order valence-electron chi connectivity index (χ0n) is 15.6. The van der Waals surface area contributed by atoms with Crippen molar-refractivity contribution in [3.05, 3.63) is 54.9 Å². The molecule has 1 fully saturated rings. The summed E-state index contributed by atoms with van der Waals surface area (Å²) in [7, 11) is 0. The number of carbonyl (C=O) groups excluding carboxylic acids is 1. The lowest BCUT2D eigenvalue weighted by Crippen LogP contribution is -2.19. The van der Waals surface area contributed by atoms with Crippen LogP contribution in [0.2, 0.25) is 0 Å². The molecule has 10 heteroatoms. The van der Waals surface area contributed by atoms with Crippen molar-refractivity contribution in [2.45, 2.75) is 6.92 Å². The zero-order valence-corrected chi connectivity index (χ0v) is 20.2. The fraction of sp³-hybridized carbons (Fsp3) is 0.150. The van der Waals surface area contributed by atoms with Gasteiger partial charge in [0.25, 0.3) is 5.91 Å². The minimum absolute atomic E-state index is 0.246. The molecule has 0 bridgehead atoms. The molecule has 1 aliphatic rings. The van der Waals surface area contributed by atoms with E-state index in [1.165, 1.54) is 11.8 Å². The molecule has 2 aromatic carbocycles. The number of hydrogen-bond acceptors (Lipinski definition) is 6. The molecule has 0 saturated carbocycles. The number of hydrogen-bond donors (Lipinski definition) is 2. The lowest BCUT2D eigenvalue weighted by atomic mass is 10.2. The van der Waals surface area contributed by atoms with Crippen molar-refractivity contribution in [1.82, 2.24) is 5.32 Å². The van der Waals surface area contributed by atoms with Crippen molar-refractivity contribution >= 4 is 79.1 Å². The van der Waals surface area contributed by atoms with Gasteiger partial charge in [0.1, 0.15) is 0 Å². The Labute approximate surface area is 199 Å². The molecule has 30 heavy (non-hydrogen) atoms. The van der Waals surface area contributed by atoms with Crippen molar-refractivity contribution < 1.29 is 24.2 Å². The molecule has 0 spiro atoms. The second kappa shape index (κ2) is 10.3. The molecule has 156 valence electrons.